The second kappa shape index (κ2) is 7.20. The average molecular weight is 350 g/mol. The van der Waals surface area contributed by atoms with E-state index in [1.807, 2.05) is 56.3 Å². The van der Waals surface area contributed by atoms with Crippen LogP contribution in [0.5, 0.6) is 0 Å². The van der Waals surface area contributed by atoms with Crippen molar-refractivity contribution < 1.29 is 0 Å². The van der Waals surface area contributed by atoms with Crippen molar-refractivity contribution in [2.24, 2.45) is 0 Å². The van der Waals surface area contributed by atoms with Crippen LogP contribution in [0.4, 0.5) is 23.1 Å². The SMILES string of the molecule is Cc1cc(Nc2ccccc2C#N)nc(Nc2ccc(Cl)cc2C)n1. The molecule has 0 amide bonds. The van der Waals surface area contributed by atoms with Crippen LogP contribution < -0.4 is 10.6 Å². The first-order valence-corrected chi connectivity index (χ1v) is 8.08. The number of halogens is 1. The summed E-state index contributed by atoms with van der Waals surface area (Å²) in [6, 6.07) is 16.9. The van der Waals surface area contributed by atoms with Crippen LogP contribution in [0.1, 0.15) is 16.8 Å². The summed E-state index contributed by atoms with van der Waals surface area (Å²) in [5.41, 5.74) is 3.96. The number of rotatable bonds is 4. The van der Waals surface area contributed by atoms with Crippen LogP contribution in [0.25, 0.3) is 0 Å². The Morgan fingerprint density at radius 3 is 2.52 bits per heavy atom. The van der Waals surface area contributed by atoms with Crippen molar-refractivity contribution in [1.82, 2.24) is 9.97 Å². The molecule has 0 radical (unpaired) electrons. The van der Waals surface area contributed by atoms with Crippen molar-refractivity contribution in [3.63, 3.8) is 0 Å². The van der Waals surface area contributed by atoms with E-state index in [2.05, 4.69) is 26.7 Å². The highest BCUT2D eigenvalue weighted by molar-refractivity contribution is 6.30. The van der Waals surface area contributed by atoms with Crippen LogP contribution in [-0.2, 0) is 0 Å². The van der Waals surface area contributed by atoms with Crippen molar-refractivity contribution in [2.45, 2.75) is 13.8 Å². The summed E-state index contributed by atoms with van der Waals surface area (Å²) in [5.74, 6) is 1.09. The third-order valence-electron chi connectivity index (χ3n) is 3.60. The zero-order valence-corrected chi connectivity index (χ0v) is 14.6. The number of anilines is 4. The lowest BCUT2D eigenvalue weighted by Crippen LogP contribution is -2.03. The number of nitrogens with one attached hydrogen (secondary N) is 2. The normalized spacial score (nSPS) is 10.2. The van der Waals surface area contributed by atoms with E-state index in [-0.39, 0.29) is 0 Å². The Balaban J connectivity index is 1.89. The molecule has 0 bridgehead atoms. The van der Waals surface area contributed by atoms with E-state index >= 15 is 0 Å². The molecule has 0 atom stereocenters. The Labute approximate surface area is 151 Å². The average Bonchev–Trinajstić information content (AvgIpc) is 2.57. The highest BCUT2D eigenvalue weighted by atomic mass is 35.5. The topological polar surface area (TPSA) is 73.6 Å². The van der Waals surface area contributed by atoms with Crippen molar-refractivity contribution in [2.75, 3.05) is 10.6 Å². The van der Waals surface area contributed by atoms with Crippen LogP contribution in [0.2, 0.25) is 5.02 Å². The van der Waals surface area contributed by atoms with Gasteiger partial charge in [0.2, 0.25) is 5.95 Å². The molecule has 2 aromatic carbocycles. The van der Waals surface area contributed by atoms with Crippen LogP contribution in [0.3, 0.4) is 0 Å². The molecule has 5 nitrogen and oxygen atoms in total. The molecule has 0 spiro atoms. The molecule has 0 aliphatic rings. The van der Waals surface area contributed by atoms with Gasteiger partial charge in [-0.2, -0.15) is 10.2 Å². The molecule has 0 saturated heterocycles. The molecule has 3 rings (SSSR count). The van der Waals surface area contributed by atoms with Gasteiger partial charge in [0.05, 0.1) is 11.3 Å². The molecular formula is C19H16ClN5. The van der Waals surface area contributed by atoms with E-state index < -0.39 is 0 Å². The predicted molar refractivity (Wildman–Crippen MR) is 101 cm³/mol. The number of aromatic nitrogens is 2. The molecule has 0 aliphatic carbocycles. The maximum Gasteiger partial charge on any atom is 0.229 e. The molecule has 0 fully saturated rings. The molecule has 0 unspecified atom stereocenters. The fourth-order valence-electron chi connectivity index (χ4n) is 2.40. The number of nitrogens with zero attached hydrogens (tertiary/aromatic N) is 3. The second-order valence-electron chi connectivity index (χ2n) is 5.58. The fraction of sp³-hybridized carbons (Fsp3) is 0.105. The Bertz CT molecular complexity index is 962. The summed E-state index contributed by atoms with van der Waals surface area (Å²) in [4.78, 5) is 8.90. The zero-order chi connectivity index (χ0) is 17.8. The minimum Gasteiger partial charge on any atom is -0.339 e. The second-order valence-corrected chi connectivity index (χ2v) is 6.02. The Kier molecular flexibility index (Phi) is 4.82. The Hall–Kier alpha value is -3.10. The molecule has 2 N–H and O–H groups in total. The molecule has 1 heterocycles. The van der Waals surface area contributed by atoms with Crippen molar-refractivity contribution in [3.8, 4) is 6.07 Å². The summed E-state index contributed by atoms with van der Waals surface area (Å²) in [6.45, 7) is 3.86. The first-order chi connectivity index (χ1) is 12.0. The van der Waals surface area contributed by atoms with Gasteiger partial charge in [-0.1, -0.05) is 23.7 Å². The van der Waals surface area contributed by atoms with Gasteiger partial charge in [-0.15, -0.1) is 0 Å². The summed E-state index contributed by atoms with van der Waals surface area (Å²) in [7, 11) is 0. The number of aryl methyl sites for hydroxylation is 2. The van der Waals surface area contributed by atoms with Gasteiger partial charge < -0.3 is 10.6 Å². The first kappa shape index (κ1) is 16.7. The van der Waals surface area contributed by atoms with Gasteiger partial charge in [-0.25, -0.2) is 4.98 Å². The van der Waals surface area contributed by atoms with Gasteiger partial charge in [0.15, 0.2) is 0 Å². The number of hydrogen-bond donors (Lipinski definition) is 2. The third-order valence-corrected chi connectivity index (χ3v) is 3.83. The summed E-state index contributed by atoms with van der Waals surface area (Å²) in [5, 5.41) is 16.3. The van der Waals surface area contributed by atoms with Crippen molar-refractivity contribution in [3.05, 3.63) is 70.4 Å². The molecule has 6 heteroatoms. The van der Waals surface area contributed by atoms with Crippen LogP contribution in [0, 0.1) is 25.2 Å². The molecule has 3 aromatic rings. The lowest BCUT2D eigenvalue weighted by Gasteiger charge is -2.12. The summed E-state index contributed by atoms with van der Waals surface area (Å²) in [6.07, 6.45) is 0. The maximum absolute atomic E-state index is 9.21. The third kappa shape index (κ3) is 4.06. The molecule has 124 valence electrons. The Morgan fingerprint density at radius 1 is 0.960 bits per heavy atom. The monoisotopic (exact) mass is 349 g/mol. The van der Waals surface area contributed by atoms with Crippen LogP contribution in [0.15, 0.2) is 48.5 Å². The fourth-order valence-corrected chi connectivity index (χ4v) is 2.63. The van der Waals surface area contributed by atoms with E-state index in [1.54, 1.807) is 6.07 Å². The van der Waals surface area contributed by atoms with Crippen molar-refractivity contribution >= 4 is 34.7 Å². The lowest BCUT2D eigenvalue weighted by molar-refractivity contribution is 1.10. The quantitative estimate of drug-likeness (QED) is 0.685. The first-order valence-electron chi connectivity index (χ1n) is 7.70. The zero-order valence-electron chi connectivity index (χ0n) is 13.8. The van der Waals surface area contributed by atoms with E-state index in [0.29, 0.717) is 28.0 Å². The maximum atomic E-state index is 9.21. The summed E-state index contributed by atoms with van der Waals surface area (Å²) < 4.78 is 0. The number of benzene rings is 2. The lowest BCUT2D eigenvalue weighted by atomic mass is 10.2. The Morgan fingerprint density at radius 2 is 1.76 bits per heavy atom. The molecule has 0 saturated carbocycles. The standard InChI is InChI=1S/C19H16ClN5/c1-12-9-15(20)7-8-16(12)24-19-22-13(2)10-18(25-19)23-17-6-4-3-5-14(17)11-21/h3-10H,1-2H3,(H2,22,23,24,25). The van der Waals surface area contributed by atoms with Crippen LogP contribution in [-0.4, -0.2) is 9.97 Å². The van der Waals surface area contributed by atoms with E-state index in [9.17, 15) is 5.26 Å². The van der Waals surface area contributed by atoms with Gasteiger partial charge >= 0.3 is 0 Å². The molecule has 1 aromatic heterocycles. The summed E-state index contributed by atoms with van der Waals surface area (Å²) >= 11 is 5.99. The number of hydrogen-bond acceptors (Lipinski definition) is 5. The smallest absolute Gasteiger partial charge is 0.229 e. The highest BCUT2D eigenvalue weighted by Crippen LogP contribution is 2.24. The molecule has 0 aliphatic heterocycles. The molecular weight excluding hydrogens is 334 g/mol. The number of nitriles is 1. The predicted octanol–water partition coefficient (Wildman–Crippen LogP) is 5.11. The van der Waals surface area contributed by atoms with Gasteiger partial charge in [0, 0.05) is 22.5 Å². The molecule has 25 heavy (non-hydrogen) atoms. The van der Waals surface area contributed by atoms with E-state index in [4.69, 9.17) is 11.6 Å². The van der Waals surface area contributed by atoms with E-state index in [1.165, 1.54) is 0 Å². The van der Waals surface area contributed by atoms with Gasteiger partial charge in [-0.3, -0.25) is 0 Å². The largest absolute Gasteiger partial charge is 0.339 e. The highest BCUT2D eigenvalue weighted by Gasteiger charge is 2.07. The minimum absolute atomic E-state index is 0.474. The number of para-hydroxylation sites is 1. The van der Waals surface area contributed by atoms with Gasteiger partial charge in [0.25, 0.3) is 0 Å². The van der Waals surface area contributed by atoms with E-state index in [0.717, 1.165) is 16.9 Å². The minimum atomic E-state index is 0.474. The van der Waals surface area contributed by atoms with Crippen LogP contribution >= 0.6 is 11.6 Å². The van der Waals surface area contributed by atoms with Gasteiger partial charge in [0.1, 0.15) is 11.9 Å². The van der Waals surface area contributed by atoms with Gasteiger partial charge in [-0.05, 0) is 49.7 Å². The van der Waals surface area contributed by atoms with Crippen molar-refractivity contribution in [1.29, 1.82) is 5.26 Å².